The maximum absolute atomic E-state index is 5.93. The molecule has 6 nitrogen and oxygen atoms in total. The molecule has 4 aromatic heterocycles. The van der Waals surface area contributed by atoms with Gasteiger partial charge in [-0.05, 0) is 24.3 Å². The standard InChI is InChI=1S/C19H15N5O/c1-2-6-15-14(5-1)17-18(25-15)19(22-12-21-17)20-9-8-13-11-24-10-4-3-7-16(24)23-13/h1-7,10-12H,8-9H2,(H,20,21,22). The largest absolute Gasteiger partial charge is 0.450 e. The SMILES string of the molecule is c1ccc2c(c1)oc1c(NCCc3cn4ccccc4n3)ncnc12. The van der Waals surface area contributed by atoms with E-state index in [-0.39, 0.29) is 0 Å². The first-order valence-corrected chi connectivity index (χ1v) is 8.17. The number of imidazole rings is 1. The molecule has 4 heterocycles. The maximum Gasteiger partial charge on any atom is 0.196 e. The number of para-hydroxylation sites is 1. The zero-order valence-electron chi connectivity index (χ0n) is 13.4. The molecule has 1 N–H and O–H groups in total. The number of rotatable bonds is 4. The van der Waals surface area contributed by atoms with Gasteiger partial charge in [-0.25, -0.2) is 15.0 Å². The first-order valence-electron chi connectivity index (χ1n) is 8.17. The van der Waals surface area contributed by atoms with Gasteiger partial charge in [0.05, 0.1) is 5.69 Å². The topological polar surface area (TPSA) is 68.2 Å². The third-order valence-corrected chi connectivity index (χ3v) is 4.25. The van der Waals surface area contributed by atoms with Crippen molar-refractivity contribution >= 4 is 33.5 Å². The second-order valence-electron chi connectivity index (χ2n) is 5.87. The highest BCUT2D eigenvalue weighted by Gasteiger charge is 2.12. The summed E-state index contributed by atoms with van der Waals surface area (Å²) in [6.07, 6.45) is 6.42. The molecule has 0 amide bonds. The molecule has 0 aliphatic carbocycles. The van der Waals surface area contributed by atoms with Gasteiger partial charge >= 0.3 is 0 Å². The van der Waals surface area contributed by atoms with Crippen LogP contribution in [-0.4, -0.2) is 25.9 Å². The van der Waals surface area contributed by atoms with Gasteiger partial charge in [0.2, 0.25) is 0 Å². The number of anilines is 1. The molecule has 0 saturated heterocycles. The lowest BCUT2D eigenvalue weighted by Gasteiger charge is -2.03. The summed E-state index contributed by atoms with van der Waals surface area (Å²) in [6, 6.07) is 13.9. The van der Waals surface area contributed by atoms with Crippen LogP contribution < -0.4 is 5.32 Å². The van der Waals surface area contributed by atoms with Gasteiger partial charge in [-0.3, -0.25) is 0 Å². The van der Waals surface area contributed by atoms with Crippen molar-refractivity contribution < 1.29 is 4.42 Å². The van der Waals surface area contributed by atoms with Crippen LogP contribution in [0.25, 0.3) is 27.7 Å². The Balaban J connectivity index is 1.40. The van der Waals surface area contributed by atoms with Crippen LogP contribution in [0.4, 0.5) is 5.82 Å². The molecular weight excluding hydrogens is 314 g/mol. The molecule has 0 saturated carbocycles. The van der Waals surface area contributed by atoms with E-state index in [4.69, 9.17) is 4.42 Å². The summed E-state index contributed by atoms with van der Waals surface area (Å²) in [5.74, 6) is 0.713. The summed E-state index contributed by atoms with van der Waals surface area (Å²) in [5.41, 5.74) is 4.34. The van der Waals surface area contributed by atoms with Crippen LogP contribution in [0.15, 0.2) is 65.6 Å². The monoisotopic (exact) mass is 329 g/mol. The number of hydrogen-bond donors (Lipinski definition) is 1. The Morgan fingerprint density at radius 2 is 1.96 bits per heavy atom. The quantitative estimate of drug-likeness (QED) is 0.545. The van der Waals surface area contributed by atoms with Crippen molar-refractivity contribution in [3.63, 3.8) is 0 Å². The van der Waals surface area contributed by atoms with Gasteiger partial charge in [0.15, 0.2) is 11.4 Å². The Bertz CT molecular complexity index is 1160. The highest BCUT2D eigenvalue weighted by molar-refractivity contribution is 6.05. The summed E-state index contributed by atoms with van der Waals surface area (Å²) in [4.78, 5) is 13.3. The average Bonchev–Trinajstić information content (AvgIpc) is 3.23. The van der Waals surface area contributed by atoms with Crippen molar-refractivity contribution in [1.82, 2.24) is 19.4 Å². The first kappa shape index (κ1) is 14.0. The molecular formula is C19H15N5O. The Hall–Kier alpha value is -3.41. The second-order valence-corrected chi connectivity index (χ2v) is 5.87. The van der Waals surface area contributed by atoms with Crippen LogP contribution in [0.3, 0.4) is 0 Å². The van der Waals surface area contributed by atoms with Crippen molar-refractivity contribution in [1.29, 1.82) is 0 Å². The normalized spacial score (nSPS) is 11.5. The van der Waals surface area contributed by atoms with Crippen LogP contribution in [0, 0.1) is 0 Å². The van der Waals surface area contributed by atoms with Gasteiger partial charge in [-0.1, -0.05) is 18.2 Å². The summed E-state index contributed by atoms with van der Waals surface area (Å²) in [7, 11) is 0. The smallest absolute Gasteiger partial charge is 0.196 e. The lowest BCUT2D eigenvalue weighted by Crippen LogP contribution is -2.06. The van der Waals surface area contributed by atoms with Crippen molar-refractivity contribution in [3.05, 3.63) is 66.9 Å². The molecule has 0 radical (unpaired) electrons. The number of nitrogens with zero attached hydrogens (tertiary/aromatic N) is 4. The fourth-order valence-corrected chi connectivity index (χ4v) is 3.07. The van der Waals surface area contributed by atoms with Crippen molar-refractivity contribution in [2.24, 2.45) is 0 Å². The molecule has 5 aromatic rings. The first-order chi connectivity index (χ1) is 12.4. The van der Waals surface area contributed by atoms with E-state index >= 15 is 0 Å². The maximum atomic E-state index is 5.93. The number of furan rings is 1. The van der Waals surface area contributed by atoms with Gasteiger partial charge in [0.25, 0.3) is 0 Å². The predicted octanol–water partition coefficient (Wildman–Crippen LogP) is 3.68. The van der Waals surface area contributed by atoms with E-state index < -0.39 is 0 Å². The van der Waals surface area contributed by atoms with Gasteiger partial charge in [-0.15, -0.1) is 0 Å². The number of fused-ring (bicyclic) bond motifs is 4. The van der Waals surface area contributed by atoms with E-state index in [1.807, 2.05) is 59.3 Å². The number of nitrogens with one attached hydrogen (secondary N) is 1. The number of pyridine rings is 1. The van der Waals surface area contributed by atoms with E-state index in [0.717, 1.165) is 34.2 Å². The van der Waals surface area contributed by atoms with E-state index in [0.29, 0.717) is 17.9 Å². The third-order valence-electron chi connectivity index (χ3n) is 4.25. The van der Waals surface area contributed by atoms with E-state index in [9.17, 15) is 0 Å². The minimum Gasteiger partial charge on any atom is -0.450 e. The molecule has 0 fully saturated rings. The van der Waals surface area contributed by atoms with Crippen LogP contribution in [0.5, 0.6) is 0 Å². The van der Waals surface area contributed by atoms with Gasteiger partial charge in [0.1, 0.15) is 23.1 Å². The highest BCUT2D eigenvalue weighted by atomic mass is 16.3. The fraction of sp³-hybridized carbons (Fsp3) is 0.105. The predicted molar refractivity (Wildman–Crippen MR) is 96.7 cm³/mol. The lowest BCUT2D eigenvalue weighted by molar-refractivity contribution is 0.666. The van der Waals surface area contributed by atoms with Gasteiger partial charge in [-0.2, -0.15) is 0 Å². The van der Waals surface area contributed by atoms with Crippen LogP contribution in [0.1, 0.15) is 5.69 Å². The zero-order valence-corrected chi connectivity index (χ0v) is 13.4. The third kappa shape index (κ3) is 2.39. The highest BCUT2D eigenvalue weighted by Crippen LogP contribution is 2.30. The van der Waals surface area contributed by atoms with E-state index in [2.05, 4.69) is 20.3 Å². The Morgan fingerprint density at radius 1 is 1.04 bits per heavy atom. The summed E-state index contributed by atoms with van der Waals surface area (Å²) >= 11 is 0. The van der Waals surface area contributed by atoms with Crippen LogP contribution in [-0.2, 0) is 6.42 Å². The minimum atomic E-state index is 0.693. The molecule has 1 aromatic carbocycles. The molecule has 122 valence electrons. The zero-order chi connectivity index (χ0) is 16.6. The Labute approximate surface area is 143 Å². The average molecular weight is 329 g/mol. The van der Waals surface area contributed by atoms with Crippen molar-refractivity contribution in [2.75, 3.05) is 11.9 Å². The molecule has 0 atom stereocenters. The molecule has 0 bridgehead atoms. The van der Waals surface area contributed by atoms with Crippen LogP contribution >= 0.6 is 0 Å². The molecule has 6 heteroatoms. The lowest BCUT2D eigenvalue weighted by atomic mass is 10.2. The van der Waals surface area contributed by atoms with Gasteiger partial charge in [0, 0.05) is 30.7 Å². The van der Waals surface area contributed by atoms with E-state index in [1.54, 1.807) is 6.33 Å². The molecule has 0 aliphatic heterocycles. The van der Waals surface area contributed by atoms with Gasteiger partial charge < -0.3 is 14.1 Å². The molecule has 0 spiro atoms. The summed E-state index contributed by atoms with van der Waals surface area (Å²) in [6.45, 7) is 0.715. The van der Waals surface area contributed by atoms with Crippen molar-refractivity contribution in [2.45, 2.75) is 6.42 Å². The minimum absolute atomic E-state index is 0.693. The molecule has 5 rings (SSSR count). The Kier molecular flexibility index (Phi) is 3.13. The number of benzene rings is 1. The second kappa shape index (κ2) is 5.59. The molecule has 0 aliphatic rings. The summed E-state index contributed by atoms with van der Waals surface area (Å²) in [5, 5.41) is 4.35. The van der Waals surface area contributed by atoms with Crippen molar-refractivity contribution in [3.8, 4) is 0 Å². The van der Waals surface area contributed by atoms with Crippen LogP contribution in [0.2, 0.25) is 0 Å². The Morgan fingerprint density at radius 3 is 2.92 bits per heavy atom. The van der Waals surface area contributed by atoms with E-state index in [1.165, 1.54) is 0 Å². The molecule has 25 heavy (non-hydrogen) atoms. The molecule has 0 unspecified atom stereocenters. The number of aromatic nitrogens is 4. The number of hydrogen-bond acceptors (Lipinski definition) is 5. The fourth-order valence-electron chi connectivity index (χ4n) is 3.07. The summed E-state index contributed by atoms with van der Waals surface area (Å²) < 4.78 is 7.95.